The van der Waals surface area contributed by atoms with Crippen LogP contribution in [0.2, 0.25) is 5.15 Å². The first-order valence-corrected chi connectivity index (χ1v) is 9.45. The summed E-state index contributed by atoms with van der Waals surface area (Å²) in [6.07, 6.45) is 1.39. The number of hydrogen-bond donors (Lipinski definition) is 1. The van der Waals surface area contributed by atoms with Crippen LogP contribution in [0.15, 0.2) is 23.2 Å². The molecule has 1 aromatic rings. The molecule has 0 amide bonds. The largest absolute Gasteiger partial charge is 0.244 e. The summed E-state index contributed by atoms with van der Waals surface area (Å²) in [6.45, 7) is 0.458. The number of hydrogen-bond acceptors (Lipinski definition) is 5. The monoisotopic (exact) mass is 324 g/mol. The van der Waals surface area contributed by atoms with E-state index >= 15 is 0 Å². The number of aromatic nitrogens is 1. The first-order chi connectivity index (χ1) is 8.58. The van der Waals surface area contributed by atoms with Crippen LogP contribution in [0.5, 0.6) is 0 Å². The number of rotatable bonds is 4. The van der Waals surface area contributed by atoms with Gasteiger partial charge in [0.2, 0.25) is 10.0 Å². The molecule has 2 rings (SSSR count). The van der Waals surface area contributed by atoms with Gasteiger partial charge in [-0.1, -0.05) is 11.6 Å². The van der Waals surface area contributed by atoms with E-state index in [1.165, 1.54) is 18.3 Å². The Morgan fingerprint density at radius 3 is 3.00 bits per heavy atom. The van der Waals surface area contributed by atoms with E-state index in [-0.39, 0.29) is 10.0 Å². The smallest absolute Gasteiger partial charge is 0.240 e. The van der Waals surface area contributed by atoms with Crippen LogP contribution in [0.25, 0.3) is 0 Å². The van der Waals surface area contributed by atoms with Gasteiger partial charge in [0.15, 0.2) is 0 Å². The molecule has 8 heteroatoms. The number of sulfonamides is 1. The zero-order chi connectivity index (χ0) is 13.0. The van der Waals surface area contributed by atoms with Crippen molar-refractivity contribution >= 4 is 45.1 Å². The van der Waals surface area contributed by atoms with Gasteiger partial charge in [0.1, 0.15) is 5.15 Å². The molecular weight excluding hydrogens is 312 g/mol. The van der Waals surface area contributed by atoms with Gasteiger partial charge in [0.25, 0.3) is 0 Å². The molecule has 1 unspecified atom stereocenters. The van der Waals surface area contributed by atoms with Crippen molar-refractivity contribution in [1.29, 1.82) is 0 Å². The van der Waals surface area contributed by atoms with E-state index in [2.05, 4.69) is 9.71 Å². The second kappa shape index (κ2) is 6.47. The average molecular weight is 325 g/mol. The summed E-state index contributed by atoms with van der Waals surface area (Å²) in [5, 5.41) is 0.524. The summed E-state index contributed by atoms with van der Waals surface area (Å²) < 4.78 is 26.7. The van der Waals surface area contributed by atoms with Crippen LogP contribution in [0, 0.1) is 0 Å². The van der Waals surface area contributed by atoms with Crippen molar-refractivity contribution in [2.24, 2.45) is 0 Å². The highest BCUT2D eigenvalue weighted by molar-refractivity contribution is 8.06. The lowest BCUT2D eigenvalue weighted by Gasteiger charge is -2.21. The van der Waals surface area contributed by atoms with E-state index in [1.54, 1.807) is 0 Å². The molecule has 0 spiro atoms. The molecular formula is C10H13ClN2O2S3. The minimum atomic E-state index is -3.48. The summed E-state index contributed by atoms with van der Waals surface area (Å²) in [5.41, 5.74) is 0. The minimum Gasteiger partial charge on any atom is -0.244 e. The van der Waals surface area contributed by atoms with Crippen molar-refractivity contribution < 1.29 is 8.42 Å². The fourth-order valence-corrected chi connectivity index (χ4v) is 5.54. The van der Waals surface area contributed by atoms with Gasteiger partial charge in [-0.3, -0.25) is 0 Å². The van der Waals surface area contributed by atoms with Gasteiger partial charge in [-0.25, -0.2) is 18.1 Å². The Morgan fingerprint density at radius 2 is 2.33 bits per heavy atom. The van der Waals surface area contributed by atoms with Crippen LogP contribution in [0.1, 0.15) is 0 Å². The van der Waals surface area contributed by atoms with Gasteiger partial charge in [0, 0.05) is 35.3 Å². The highest BCUT2D eigenvalue weighted by Gasteiger charge is 2.19. The lowest BCUT2D eigenvalue weighted by molar-refractivity contribution is 0.581. The fraction of sp³-hybridized carbons (Fsp3) is 0.500. The molecule has 0 saturated carbocycles. The van der Waals surface area contributed by atoms with Crippen LogP contribution < -0.4 is 4.72 Å². The van der Waals surface area contributed by atoms with Crippen LogP contribution in [-0.2, 0) is 10.0 Å². The lowest BCUT2D eigenvalue weighted by Crippen LogP contribution is -2.33. The van der Waals surface area contributed by atoms with E-state index < -0.39 is 10.0 Å². The van der Waals surface area contributed by atoms with Gasteiger partial charge in [-0.15, -0.1) is 0 Å². The molecule has 1 N–H and O–H groups in total. The summed E-state index contributed by atoms with van der Waals surface area (Å²) in [7, 11) is -3.48. The molecule has 18 heavy (non-hydrogen) atoms. The second-order valence-electron chi connectivity index (χ2n) is 3.73. The first-order valence-electron chi connectivity index (χ1n) is 5.38. The Bertz CT molecular complexity index is 504. The quantitative estimate of drug-likeness (QED) is 0.857. The molecule has 0 radical (unpaired) electrons. The Hall–Kier alpha value is 0.0500. The highest BCUT2D eigenvalue weighted by Crippen LogP contribution is 2.23. The molecule has 2 heterocycles. The van der Waals surface area contributed by atoms with Gasteiger partial charge in [0.05, 0.1) is 4.90 Å². The highest BCUT2D eigenvalue weighted by atomic mass is 35.5. The normalized spacial score (nSPS) is 20.8. The molecule has 1 atom stereocenters. The number of halogens is 1. The third-order valence-electron chi connectivity index (χ3n) is 2.39. The van der Waals surface area contributed by atoms with Crippen LogP contribution in [0.4, 0.5) is 0 Å². The van der Waals surface area contributed by atoms with Crippen molar-refractivity contribution in [2.75, 3.05) is 23.8 Å². The van der Waals surface area contributed by atoms with E-state index in [4.69, 9.17) is 11.6 Å². The molecule has 1 fully saturated rings. The summed E-state index contributed by atoms with van der Waals surface area (Å²) in [6, 6.07) is 2.80. The standard InChI is InChI=1S/C10H13ClN2O2S3/c11-10-5-9(1-2-12-10)18(14,15)13-6-8-7-16-3-4-17-8/h1-2,5,8,13H,3-4,6-7H2. The molecule has 0 bridgehead atoms. The van der Waals surface area contributed by atoms with Gasteiger partial charge >= 0.3 is 0 Å². The van der Waals surface area contributed by atoms with Crippen molar-refractivity contribution in [3.8, 4) is 0 Å². The average Bonchev–Trinajstić information content (AvgIpc) is 2.38. The van der Waals surface area contributed by atoms with E-state index in [9.17, 15) is 8.42 Å². The predicted molar refractivity (Wildman–Crippen MR) is 78.0 cm³/mol. The van der Waals surface area contributed by atoms with E-state index in [1.807, 2.05) is 23.5 Å². The molecule has 0 aliphatic carbocycles. The third-order valence-corrected chi connectivity index (χ3v) is 6.87. The van der Waals surface area contributed by atoms with Crippen LogP contribution >= 0.6 is 35.1 Å². The van der Waals surface area contributed by atoms with Crippen LogP contribution in [-0.4, -0.2) is 42.5 Å². The summed E-state index contributed by atoms with van der Waals surface area (Å²) in [4.78, 5) is 3.93. The Balaban J connectivity index is 1.98. The maximum atomic E-state index is 12.0. The summed E-state index contributed by atoms with van der Waals surface area (Å²) in [5.74, 6) is 3.22. The molecule has 1 aliphatic heterocycles. The van der Waals surface area contributed by atoms with Crippen molar-refractivity contribution in [2.45, 2.75) is 10.1 Å². The molecule has 0 aromatic carbocycles. The topological polar surface area (TPSA) is 59.1 Å². The number of thioether (sulfide) groups is 2. The maximum absolute atomic E-state index is 12.0. The maximum Gasteiger partial charge on any atom is 0.240 e. The zero-order valence-corrected chi connectivity index (χ0v) is 12.7. The number of pyridine rings is 1. The Labute approximate surface area is 120 Å². The van der Waals surface area contributed by atoms with Crippen molar-refractivity contribution in [1.82, 2.24) is 9.71 Å². The Kier molecular flexibility index (Phi) is 5.20. The van der Waals surface area contributed by atoms with Gasteiger partial charge < -0.3 is 0 Å². The Morgan fingerprint density at radius 1 is 1.50 bits per heavy atom. The molecule has 1 saturated heterocycles. The lowest BCUT2D eigenvalue weighted by atomic mass is 10.5. The molecule has 100 valence electrons. The van der Waals surface area contributed by atoms with Crippen molar-refractivity contribution in [3.05, 3.63) is 23.5 Å². The third kappa shape index (κ3) is 4.03. The zero-order valence-electron chi connectivity index (χ0n) is 9.50. The number of nitrogens with one attached hydrogen (secondary N) is 1. The molecule has 1 aromatic heterocycles. The molecule has 4 nitrogen and oxygen atoms in total. The first kappa shape index (κ1) is 14.5. The molecule has 1 aliphatic rings. The fourth-order valence-electron chi connectivity index (χ4n) is 1.49. The predicted octanol–water partition coefficient (Wildman–Crippen LogP) is 1.86. The SMILES string of the molecule is O=S(=O)(NCC1CSCCS1)c1ccnc(Cl)c1. The minimum absolute atomic E-state index is 0.163. The van der Waals surface area contributed by atoms with Crippen LogP contribution in [0.3, 0.4) is 0 Å². The number of nitrogens with zero attached hydrogens (tertiary/aromatic N) is 1. The second-order valence-corrected chi connectivity index (χ2v) is 8.45. The summed E-state index contributed by atoms with van der Waals surface area (Å²) >= 11 is 9.37. The van der Waals surface area contributed by atoms with Gasteiger partial charge in [-0.2, -0.15) is 23.5 Å². The van der Waals surface area contributed by atoms with Gasteiger partial charge in [-0.05, 0) is 12.1 Å². The van der Waals surface area contributed by atoms with Crippen molar-refractivity contribution in [3.63, 3.8) is 0 Å². The van der Waals surface area contributed by atoms with E-state index in [0.717, 1.165) is 17.3 Å². The van der Waals surface area contributed by atoms with E-state index in [0.29, 0.717) is 11.8 Å².